The molecule has 0 spiro atoms. The van der Waals surface area contributed by atoms with Crippen molar-refractivity contribution in [2.24, 2.45) is 0 Å². The standard InChI is InChI=1S/C24H22F3N3O3S/c25-20-12-17(30(33)14-18(31)13-28-24(34)23(26)27)8-9-19(20)15-6-10-21(22(32)11-7-15)29-16-4-2-1-3-5-16/h1-12,18,23,31,33H,13-14H2,(H,28,34)(H,29,32)/t18-/m0/s1. The molecular formula is C24H22F3N3O3S. The molecule has 0 aliphatic carbocycles. The largest absolute Gasteiger partial charge is 0.389 e. The molecule has 3 aromatic rings. The number of hydroxylamine groups is 1. The van der Waals surface area contributed by atoms with Crippen LogP contribution in [-0.2, 0) is 0 Å². The number of rotatable bonds is 9. The zero-order valence-electron chi connectivity index (χ0n) is 17.8. The maximum atomic E-state index is 14.8. The lowest BCUT2D eigenvalue weighted by Gasteiger charge is -2.21. The summed E-state index contributed by atoms with van der Waals surface area (Å²) in [5, 5.41) is 25.9. The molecule has 178 valence electrons. The van der Waals surface area contributed by atoms with Crippen molar-refractivity contribution in [2.75, 3.05) is 23.5 Å². The van der Waals surface area contributed by atoms with E-state index in [2.05, 4.69) is 22.9 Å². The number of nitrogens with zero attached hydrogens (tertiary/aromatic N) is 1. The van der Waals surface area contributed by atoms with Crippen LogP contribution >= 0.6 is 12.2 Å². The molecule has 4 N–H and O–H groups in total. The number of para-hydroxylation sites is 1. The fourth-order valence-corrected chi connectivity index (χ4v) is 3.17. The highest BCUT2D eigenvalue weighted by Gasteiger charge is 2.16. The van der Waals surface area contributed by atoms with E-state index < -0.39 is 23.3 Å². The lowest BCUT2D eigenvalue weighted by Crippen LogP contribution is -2.40. The highest BCUT2D eigenvalue weighted by Crippen LogP contribution is 2.26. The van der Waals surface area contributed by atoms with E-state index in [4.69, 9.17) is 0 Å². The molecule has 0 amide bonds. The van der Waals surface area contributed by atoms with Gasteiger partial charge in [-0.2, -0.15) is 0 Å². The molecule has 0 fully saturated rings. The van der Waals surface area contributed by atoms with Crippen LogP contribution in [0.15, 0.2) is 77.6 Å². The van der Waals surface area contributed by atoms with Gasteiger partial charge in [0.05, 0.1) is 24.0 Å². The summed E-state index contributed by atoms with van der Waals surface area (Å²) in [6.45, 7) is -0.676. The zero-order valence-corrected chi connectivity index (χ0v) is 18.6. The molecule has 34 heavy (non-hydrogen) atoms. The van der Waals surface area contributed by atoms with Crippen molar-refractivity contribution >= 4 is 34.3 Å². The Kier molecular flexibility index (Phi) is 8.58. The minimum Gasteiger partial charge on any atom is -0.389 e. The van der Waals surface area contributed by atoms with Crippen molar-refractivity contribution in [1.82, 2.24) is 5.32 Å². The maximum Gasteiger partial charge on any atom is 0.288 e. The van der Waals surface area contributed by atoms with Gasteiger partial charge in [-0.3, -0.25) is 15.1 Å². The highest BCUT2D eigenvalue weighted by molar-refractivity contribution is 7.80. The molecule has 0 aromatic heterocycles. The lowest BCUT2D eigenvalue weighted by atomic mass is 10.1. The third-order valence-electron chi connectivity index (χ3n) is 4.82. The number of hydrogen-bond acceptors (Lipinski definition) is 6. The van der Waals surface area contributed by atoms with Crippen molar-refractivity contribution in [3.05, 3.63) is 88.8 Å². The van der Waals surface area contributed by atoms with E-state index in [0.717, 1.165) is 11.8 Å². The van der Waals surface area contributed by atoms with Gasteiger partial charge in [-0.05, 0) is 42.0 Å². The first-order valence-electron chi connectivity index (χ1n) is 10.2. The Morgan fingerprint density at radius 3 is 2.41 bits per heavy atom. The average molecular weight is 490 g/mol. The molecular weight excluding hydrogens is 467 g/mol. The van der Waals surface area contributed by atoms with E-state index in [-0.39, 0.29) is 29.8 Å². The molecule has 0 aliphatic rings. The number of halogens is 3. The minimum absolute atomic E-state index is 0.0491. The van der Waals surface area contributed by atoms with Crippen LogP contribution in [0.5, 0.6) is 0 Å². The third kappa shape index (κ3) is 6.77. The molecule has 0 unspecified atom stereocenters. The second kappa shape index (κ2) is 11.6. The number of nitrogens with one attached hydrogen (secondary N) is 2. The summed E-state index contributed by atoms with van der Waals surface area (Å²) in [5.41, 5.74) is 1.47. The van der Waals surface area contributed by atoms with Gasteiger partial charge in [-0.15, -0.1) is 0 Å². The number of hydrogen-bond donors (Lipinski definition) is 4. The topological polar surface area (TPSA) is 84.8 Å². The van der Waals surface area contributed by atoms with Gasteiger partial charge in [0.1, 0.15) is 10.8 Å². The number of alkyl halides is 2. The van der Waals surface area contributed by atoms with Gasteiger partial charge >= 0.3 is 0 Å². The summed E-state index contributed by atoms with van der Waals surface area (Å²) in [6, 6.07) is 19.0. The van der Waals surface area contributed by atoms with Crippen LogP contribution in [0.2, 0.25) is 0 Å². The molecule has 0 heterocycles. The lowest BCUT2D eigenvalue weighted by molar-refractivity contribution is 0.138. The summed E-state index contributed by atoms with van der Waals surface area (Å²) < 4.78 is 39.6. The maximum absolute atomic E-state index is 14.8. The Balaban J connectivity index is 1.72. The quantitative estimate of drug-likeness (QED) is 0.263. The van der Waals surface area contributed by atoms with Gasteiger partial charge in [0.15, 0.2) is 0 Å². The van der Waals surface area contributed by atoms with Crippen LogP contribution in [0.1, 0.15) is 0 Å². The zero-order chi connectivity index (χ0) is 24.7. The van der Waals surface area contributed by atoms with Crippen LogP contribution in [0.4, 0.5) is 30.2 Å². The van der Waals surface area contributed by atoms with Gasteiger partial charge < -0.3 is 15.7 Å². The Bertz CT molecular complexity index is 1200. The summed E-state index contributed by atoms with van der Waals surface area (Å²) >= 11 is 4.42. The molecule has 0 aliphatic heterocycles. The van der Waals surface area contributed by atoms with Gasteiger partial charge in [0.2, 0.25) is 5.43 Å². The van der Waals surface area contributed by atoms with Crippen molar-refractivity contribution in [3.8, 4) is 11.1 Å². The summed E-state index contributed by atoms with van der Waals surface area (Å²) in [6.07, 6.45) is -4.10. The highest BCUT2D eigenvalue weighted by atomic mass is 32.1. The van der Waals surface area contributed by atoms with E-state index in [9.17, 15) is 28.3 Å². The van der Waals surface area contributed by atoms with Crippen LogP contribution in [-0.4, -0.2) is 40.9 Å². The number of benzene rings is 2. The normalized spacial score (nSPS) is 11.7. The summed E-state index contributed by atoms with van der Waals surface area (Å²) in [4.78, 5) is 11.7. The predicted molar refractivity (Wildman–Crippen MR) is 130 cm³/mol. The van der Waals surface area contributed by atoms with Crippen molar-refractivity contribution < 1.29 is 23.5 Å². The van der Waals surface area contributed by atoms with Gasteiger partial charge in [0, 0.05) is 23.9 Å². The van der Waals surface area contributed by atoms with Crippen LogP contribution < -0.4 is 21.1 Å². The molecule has 3 rings (SSSR count). The summed E-state index contributed by atoms with van der Waals surface area (Å²) in [5.74, 6) is -0.667. The Morgan fingerprint density at radius 2 is 1.74 bits per heavy atom. The van der Waals surface area contributed by atoms with Crippen molar-refractivity contribution in [1.29, 1.82) is 0 Å². The van der Waals surface area contributed by atoms with Crippen molar-refractivity contribution in [3.63, 3.8) is 0 Å². The van der Waals surface area contributed by atoms with Gasteiger partial charge in [-0.1, -0.05) is 42.5 Å². The van der Waals surface area contributed by atoms with Crippen molar-refractivity contribution in [2.45, 2.75) is 12.5 Å². The molecule has 3 aromatic carbocycles. The first kappa shape index (κ1) is 25.2. The fourth-order valence-electron chi connectivity index (χ4n) is 3.09. The first-order valence-corrected chi connectivity index (χ1v) is 10.6. The molecule has 10 heteroatoms. The second-order valence-corrected chi connectivity index (χ2v) is 7.78. The SMILES string of the molecule is O=c1ccc(-c2ccc(N(O)C[C@@H](O)CNC(=S)C(F)F)cc2F)ccc1Nc1ccccc1. The monoisotopic (exact) mass is 489 g/mol. The number of aliphatic hydroxyl groups is 1. The van der Waals surface area contributed by atoms with E-state index in [1.54, 1.807) is 12.1 Å². The van der Waals surface area contributed by atoms with Crippen LogP contribution in [0.3, 0.4) is 0 Å². The van der Waals surface area contributed by atoms with Crippen LogP contribution in [0.25, 0.3) is 11.1 Å². The van der Waals surface area contributed by atoms with E-state index >= 15 is 0 Å². The molecule has 1 atom stereocenters. The Hall–Kier alpha value is -3.47. The fraction of sp³-hybridized carbons (Fsp3) is 0.167. The number of aliphatic hydroxyl groups excluding tert-OH is 1. The molecule has 0 radical (unpaired) electrons. The van der Waals surface area contributed by atoms with Gasteiger partial charge in [-0.25, -0.2) is 13.2 Å². The van der Waals surface area contributed by atoms with Gasteiger partial charge in [0.25, 0.3) is 6.43 Å². The molecule has 0 bridgehead atoms. The third-order valence-corrected chi connectivity index (χ3v) is 5.14. The van der Waals surface area contributed by atoms with Crippen LogP contribution in [0, 0.1) is 5.82 Å². The molecule has 0 saturated heterocycles. The first-order chi connectivity index (χ1) is 16.2. The van der Waals surface area contributed by atoms with E-state index in [0.29, 0.717) is 16.3 Å². The minimum atomic E-state index is -2.85. The molecule has 0 saturated carbocycles. The molecule has 6 nitrogen and oxygen atoms in total. The van der Waals surface area contributed by atoms with E-state index in [1.165, 1.54) is 24.3 Å². The second-order valence-electron chi connectivity index (χ2n) is 7.34. The Labute approximate surface area is 199 Å². The number of thiocarbonyl (C=S) groups is 1. The summed E-state index contributed by atoms with van der Waals surface area (Å²) in [7, 11) is 0. The smallest absolute Gasteiger partial charge is 0.288 e. The number of anilines is 3. The average Bonchev–Trinajstić information content (AvgIpc) is 2.99. The van der Waals surface area contributed by atoms with E-state index in [1.807, 2.05) is 30.3 Å². The predicted octanol–water partition coefficient (Wildman–Crippen LogP) is 4.34. The Morgan fingerprint density at radius 1 is 1.03 bits per heavy atom.